The van der Waals surface area contributed by atoms with E-state index in [9.17, 15) is 0 Å². The van der Waals surface area contributed by atoms with E-state index in [0.717, 1.165) is 27.8 Å². The number of hydrogen-bond donors (Lipinski definition) is 1. The Kier molecular flexibility index (Phi) is 3.88. The lowest BCUT2D eigenvalue weighted by Crippen LogP contribution is -2.05. The van der Waals surface area contributed by atoms with E-state index in [0.29, 0.717) is 10.8 Å². The normalized spacial score (nSPS) is 10.8. The van der Waals surface area contributed by atoms with E-state index in [4.69, 9.17) is 17.3 Å². The highest BCUT2D eigenvalue weighted by atomic mass is 127. The fourth-order valence-corrected chi connectivity index (χ4v) is 2.73. The van der Waals surface area contributed by atoms with E-state index in [2.05, 4.69) is 39.8 Å². The standard InChI is InChI=1S/C11H12ClIN4/c1-2-3-10-11(14)15-16-17(10)9-5-4-7(12)6-8(9)13/h4-6H,2-3,14H2,1H3. The lowest BCUT2D eigenvalue weighted by molar-refractivity contribution is 0.743. The van der Waals surface area contributed by atoms with Gasteiger partial charge in [0.05, 0.1) is 11.4 Å². The molecule has 17 heavy (non-hydrogen) atoms. The molecule has 0 fully saturated rings. The first-order valence-electron chi connectivity index (χ1n) is 5.29. The van der Waals surface area contributed by atoms with Gasteiger partial charge in [0, 0.05) is 8.59 Å². The van der Waals surface area contributed by atoms with Gasteiger partial charge < -0.3 is 5.73 Å². The van der Waals surface area contributed by atoms with Crippen LogP contribution in [0.2, 0.25) is 5.02 Å². The molecule has 1 aromatic heterocycles. The number of benzene rings is 1. The van der Waals surface area contributed by atoms with Gasteiger partial charge in [-0.2, -0.15) is 0 Å². The first-order valence-corrected chi connectivity index (χ1v) is 6.74. The number of nitrogens with zero attached hydrogens (tertiary/aromatic N) is 3. The highest BCUT2D eigenvalue weighted by Crippen LogP contribution is 2.23. The average molecular weight is 363 g/mol. The summed E-state index contributed by atoms with van der Waals surface area (Å²) in [6, 6.07) is 5.66. The largest absolute Gasteiger partial charge is 0.381 e. The third kappa shape index (κ3) is 2.55. The molecular formula is C11H12ClIN4. The van der Waals surface area contributed by atoms with E-state index in [1.807, 2.05) is 18.2 Å². The Hall–Kier alpha value is -0.820. The van der Waals surface area contributed by atoms with Crippen LogP contribution in [0, 0.1) is 3.57 Å². The molecule has 0 spiro atoms. The van der Waals surface area contributed by atoms with Crippen LogP contribution in [-0.4, -0.2) is 15.0 Å². The minimum Gasteiger partial charge on any atom is -0.381 e. The summed E-state index contributed by atoms with van der Waals surface area (Å²) in [5, 5.41) is 8.73. The second kappa shape index (κ2) is 5.22. The lowest BCUT2D eigenvalue weighted by Gasteiger charge is -2.08. The van der Waals surface area contributed by atoms with E-state index in [1.165, 1.54) is 0 Å². The van der Waals surface area contributed by atoms with Gasteiger partial charge in [0.25, 0.3) is 0 Å². The van der Waals surface area contributed by atoms with E-state index in [1.54, 1.807) is 4.68 Å². The molecule has 0 aliphatic rings. The number of nitrogens with two attached hydrogens (primary N) is 1. The Labute approximate surface area is 118 Å². The molecule has 2 rings (SSSR count). The Morgan fingerprint density at radius 2 is 2.24 bits per heavy atom. The average Bonchev–Trinajstić information content (AvgIpc) is 2.62. The number of hydrogen-bond acceptors (Lipinski definition) is 3. The van der Waals surface area contributed by atoms with Crippen LogP contribution in [0.1, 0.15) is 19.0 Å². The van der Waals surface area contributed by atoms with Crippen LogP contribution in [0.15, 0.2) is 18.2 Å². The molecule has 6 heteroatoms. The highest BCUT2D eigenvalue weighted by Gasteiger charge is 2.13. The van der Waals surface area contributed by atoms with Gasteiger partial charge >= 0.3 is 0 Å². The second-order valence-electron chi connectivity index (χ2n) is 3.68. The minimum absolute atomic E-state index is 0.498. The first kappa shape index (κ1) is 12.6. The maximum atomic E-state index is 5.94. The van der Waals surface area contributed by atoms with Crippen molar-refractivity contribution < 1.29 is 0 Å². The molecule has 1 aromatic carbocycles. The fourth-order valence-electron chi connectivity index (χ4n) is 1.63. The fraction of sp³-hybridized carbons (Fsp3) is 0.273. The Morgan fingerprint density at radius 3 is 2.88 bits per heavy atom. The molecule has 0 amide bonds. The minimum atomic E-state index is 0.498. The van der Waals surface area contributed by atoms with Gasteiger partial charge in [-0.3, -0.25) is 0 Å². The number of anilines is 1. The van der Waals surface area contributed by atoms with Crippen LogP contribution >= 0.6 is 34.2 Å². The molecule has 1 heterocycles. The molecule has 0 saturated heterocycles. The zero-order valence-corrected chi connectivity index (χ0v) is 12.2. The van der Waals surface area contributed by atoms with Crippen molar-refractivity contribution in [2.75, 3.05) is 5.73 Å². The molecule has 0 radical (unpaired) electrons. The van der Waals surface area contributed by atoms with Crippen molar-refractivity contribution in [1.82, 2.24) is 15.0 Å². The summed E-state index contributed by atoms with van der Waals surface area (Å²) in [4.78, 5) is 0. The van der Waals surface area contributed by atoms with Crippen molar-refractivity contribution in [2.24, 2.45) is 0 Å². The van der Waals surface area contributed by atoms with Crippen LogP contribution in [0.5, 0.6) is 0 Å². The number of halogens is 2. The summed E-state index contributed by atoms with van der Waals surface area (Å²) in [7, 11) is 0. The highest BCUT2D eigenvalue weighted by molar-refractivity contribution is 14.1. The Morgan fingerprint density at radius 1 is 1.47 bits per heavy atom. The zero-order valence-electron chi connectivity index (χ0n) is 9.32. The van der Waals surface area contributed by atoms with Gasteiger partial charge in [0.2, 0.25) is 0 Å². The summed E-state index contributed by atoms with van der Waals surface area (Å²) in [6.07, 6.45) is 1.86. The van der Waals surface area contributed by atoms with Crippen molar-refractivity contribution in [3.05, 3.63) is 32.5 Å². The second-order valence-corrected chi connectivity index (χ2v) is 5.28. The topological polar surface area (TPSA) is 56.7 Å². The molecular weight excluding hydrogens is 351 g/mol. The van der Waals surface area contributed by atoms with Crippen molar-refractivity contribution in [3.8, 4) is 5.69 Å². The molecule has 0 atom stereocenters. The molecule has 2 aromatic rings. The van der Waals surface area contributed by atoms with Crippen molar-refractivity contribution in [2.45, 2.75) is 19.8 Å². The molecule has 0 bridgehead atoms. The number of rotatable bonds is 3. The molecule has 0 aliphatic heterocycles. The van der Waals surface area contributed by atoms with Gasteiger partial charge in [0.1, 0.15) is 0 Å². The molecule has 0 saturated carbocycles. The molecule has 4 nitrogen and oxygen atoms in total. The first-order chi connectivity index (χ1) is 8.13. The number of aromatic nitrogens is 3. The van der Waals surface area contributed by atoms with Crippen molar-refractivity contribution in [3.63, 3.8) is 0 Å². The molecule has 2 N–H and O–H groups in total. The quantitative estimate of drug-likeness (QED) is 0.854. The lowest BCUT2D eigenvalue weighted by atomic mass is 10.2. The zero-order chi connectivity index (χ0) is 12.4. The predicted molar refractivity (Wildman–Crippen MR) is 77.5 cm³/mol. The third-order valence-electron chi connectivity index (χ3n) is 2.42. The van der Waals surface area contributed by atoms with Gasteiger partial charge in [-0.25, -0.2) is 4.68 Å². The summed E-state index contributed by atoms with van der Waals surface area (Å²) in [5.74, 6) is 0.498. The van der Waals surface area contributed by atoms with E-state index in [-0.39, 0.29) is 0 Å². The van der Waals surface area contributed by atoms with Crippen LogP contribution in [0.25, 0.3) is 5.69 Å². The van der Waals surface area contributed by atoms with Gasteiger partial charge in [-0.1, -0.05) is 30.2 Å². The van der Waals surface area contributed by atoms with Crippen LogP contribution in [0.3, 0.4) is 0 Å². The maximum absolute atomic E-state index is 5.94. The summed E-state index contributed by atoms with van der Waals surface area (Å²) >= 11 is 8.17. The van der Waals surface area contributed by atoms with Gasteiger partial charge in [0.15, 0.2) is 5.82 Å². The third-order valence-corrected chi connectivity index (χ3v) is 3.52. The monoisotopic (exact) mass is 362 g/mol. The summed E-state index contributed by atoms with van der Waals surface area (Å²) in [6.45, 7) is 2.10. The summed E-state index contributed by atoms with van der Waals surface area (Å²) in [5.41, 5.74) is 7.73. The summed E-state index contributed by atoms with van der Waals surface area (Å²) < 4.78 is 2.81. The Balaban J connectivity index is 2.52. The predicted octanol–water partition coefficient (Wildman–Crippen LogP) is 3.06. The maximum Gasteiger partial charge on any atom is 0.169 e. The van der Waals surface area contributed by atoms with Crippen molar-refractivity contribution in [1.29, 1.82) is 0 Å². The molecule has 0 unspecified atom stereocenters. The van der Waals surface area contributed by atoms with Crippen molar-refractivity contribution >= 4 is 40.0 Å². The molecule has 90 valence electrons. The van der Waals surface area contributed by atoms with Crippen LogP contribution in [-0.2, 0) is 6.42 Å². The van der Waals surface area contributed by atoms with Gasteiger partial charge in [-0.05, 0) is 47.2 Å². The van der Waals surface area contributed by atoms with Crippen LogP contribution in [0.4, 0.5) is 5.82 Å². The Bertz CT molecular complexity index is 538. The smallest absolute Gasteiger partial charge is 0.169 e. The van der Waals surface area contributed by atoms with Gasteiger partial charge in [-0.15, -0.1) is 5.10 Å². The molecule has 0 aliphatic carbocycles. The SMILES string of the molecule is CCCc1c(N)nnn1-c1ccc(Cl)cc1I. The van der Waals surface area contributed by atoms with E-state index < -0.39 is 0 Å². The van der Waals surface area contributed by atoms with E-state index >= 15 is 0 Å². The number of nitrogen functional groups attached to an aromatic ring is 1. The van der Waals surface area contributed by atoms with Crippen LogP contribution < -0.4 is 5.73 Å².